The van der Waals surface area contributed by atoms with E-state index in [1.165, 1.54) is 18.2 Å². The van der Waals surface area contributed by atoms with Gasteiger partial charge in [0, 0.05) is 48.4 Å². The fourth-order valence-electron chi connectivity index (χ4n) is 6.20. The van der Waals surface area contributed by atoms with Crippen molar-refractivity contribution in [3.63, 3.8) is 0 Å². The molecule has 1 saturated heterocycles. The maximum absolute atomic E-state index is 15.6. The Labute approximate surface area is 212 Å². The van der Waals surface area contributed by atoms with Gasteiger partial charge in [-0.3, -0.25) is 9.29 Å². The third-order valence-electron chi connectivity index (χ3n) is 8.11. The van der Waals surface area contributed by atoms with Crippen LogP contribution >= 0.6 is 0 Å². The molecule has 2 aromatic carbocycles. The number of phenols is 1. The van der Waals surface area contributed by atoms with Crippen LogP contribution in [0.4, 0.5) is 32.0 Å². The highest BCUT2D eigenvalue weighted by Gasteiger charge is 2.54. The smallest absolute Gasteiger partial charge is 0.401 e. The largest absolute Gasteiger partial charge is 0.508 e. The number of anilines is 1. The molecule has 1 spiro atoms. The van der Waals surface area contributed by atoms with Gasteiger partial charge in [0.2, 0.25) is 0 Å². The van der Waals surface area contributed by atoms with E-state index >= 15 is 8.78 Å². The summed E-state index contributed by atoms with van der Waals surface area (Å²) in [5.74, 6) is -1.91. The Balaban J connectivity index is 1.47. The first-order valence-corrected chi connectivity index (χ1v) is 12.7. The summed E-state index contributed by atoms with van der Waals surface area (Å²) < 4.78 is 84.5. The number of aromatic hydroxyl groups is 1. The zero-order valence-corrected chi connectivity index (χ0v) is 20.6. The number of fused-ring (bicyclic) bond motifs is 1. The van der Waals surface area contributed by atoms with E-state index in [1.807, 2.05) is 0 Å². The number of alkyl halides is 4. The number of likely N-dealkylation sites (tertiary alicyclic amines) is 1. The molecule has 0 aromatic heterocycles. The lowest BCUT2D eigenvalue weighted by Crippen LogP contribution is -2.47. The highest BCUT2D eigenvalue weighted by atomic mass is 19.4. The second kappa shape index (κ2) is 9.69. The average molecular weight is 528 g/mol. The minimum Gasteiger partial charge on any atom is -0.508 e. The maximum Gasteiger partial charge on any atom is 0.401 e. The minimum absolute atomic E-state index is 0.00515. The third kappa shape index (κ3) is 5.27. The molecular formula is C27H31F6N3O. The molecule has 3 atom stereocenters. The zero-order chi connectivity index (χ0) is 26.5. The molecule has 10 heteroatoms. The monoisotopic (exact) mass is 527 g/mol. The van der Waals surface area contributed by atoms with Gasteiger partial charge in [-0.05, 0) is 68.0 Å². The summed E-state index contributed by atoms with van der Waals surface area (Å²) in [6, 6.07) is 4.51. The number of phenolic OH excluding ortho intramolecular Hbond substituents is 1. The van der Waals surface area contributed by atoms with Crippen molar-refractivity contribution in [1.29, 1.82) is 0 Å². The highest BCUT2D eigenvalue weighted by Crippen LogP contribution is 2.54. The lowest BCUT2D eigenvalue weighted by Gasteiger charge is -2.42. The van der Waals surface area contributed by atoms with Gasteiger partial charge in [0.05, 0.1) is 19.3 Å². The van der Waals surface area contributed by atoms with Gasteiger partial charge in [0.15, 0.2) is 0 Å². The van der Waals surface area contributed by atoms with Crippen molar-refractivity contribution in [2.24, 2.45) is 5.41 Å². The molecule has 2 aliphatic heterocycles. The number of nitrogens with zero attached hydrogens (tertiary/aromatic N) is 2. The molecule has 2 heterocycles. The van der Waals surface area contributed by atoms with Crippen LogP contribution in [0, 0.1) is 17.0 Å². The lowest BCUT2D eigenvalue weighted by molar-refractivity contribution is -0.155. The first-order chi connectivity index (χ1) is 17.5. The van der Waals surface area contributed by atoms with Gasteiger partial charge in [-0.25, -0.2) is 8.78 Å². The minimum atomic E-state index is -4.57. The Bertz CT molecular complexity index is 1130. The summed E-state index contributed by atoms with van der Waals surface area (Å²) in [4.78, 5) is 3.24. The third-order valence-corrected chi connectivity index (χ3v) is 8.11. The van der Waals surface area contributed by atoms with Gasteiger partial charge in [0.25, 0.3) is 0 Å². The fraction of sp³-hybridized carbons (Fsp3) is 0.556. The van der Waals surface area contributed by atoms with E-state index in [-0.39, 0.29) is 29.3 Å². The topological polar surface area (TPSA) is 38.7 Å². The van der Waals surface area contributed by atoms with Gasteiger partial charge in [-0.2, -0.15) is 13.2 Å². The van der Waals surface area contributed by atoms with E-state index in [4.69, 9.17) is 0 Å². The van der Waals surface area contributed by atoms with Crippen LogP contribution in [-0.4, -0.2) is 66.0 Å². The molecule has 5 rings (SSSR count). The van der Waals surface area contributed by atoms with Crippen LogP contribution in [-0.2, 0) is 6.42 Å². The summed E-state index contributed by atoms with van der Waals surface area (Å²) >= 11 is 0. The number of halogens is 6. The number of hydrogen-bond donors (Lipinski definition) is 2. The quantitative estimate of drug-likeness (QED) is 0.447. The molecule has 3 aliphatic rings. The molecule has 0 bridgehead atoms. The molecule has 4 nitrogen and oxygen atoms in total. The number of benzene rings is 2. The molecule has 1 unspecified atom stereocenters. The molecular weight excluding hydrogens is 496 g/mol. The molecule has 2 aromatic rings. The first kappa shape index (κ1) is 26.2. The number of hydrogen-bond acceptors (Lipinski definition) is 4. The summed E-state index contributed by atoms with van der Waals surface area (Å²) in [7, 11) is 0. The molecule has 1 saturated carbocycles. The molecule has 2 fully saturated rings. The van der Waals surface area contributed by atoms with E-state index in [0.717, 1.165) is 36.4 Å². The van der Waals surface area contributed by atoms with Crippen molar-refractivity contribution in [1.82, 2.24) is 9.80 Å². The van der Waals surface area contributed by atoms with Crippen molar-refractivity contribution in [2.45, 2.75) is 56.9 Å². The summed E-state index contributed by atoms with van der Waals surface area (Å²) in [5, 5.41) is 13.2. The van der Waals surface area contributed by atoms with Crippen LogP contribution in [0.15, 0.2) is 30.3 Å². The SMILES string of the molecule is C[C@@H]1Cc2cc(O)ccc2[C@@H](c2c(F)cc(NC3CN(CCCF)CC34CC4)cc2F)N1CC(F)(F)F. The summed E-state index contributed by atoms with van der Waals surface area (Å²) in [6.45, 7) is 1.94. The molecule has 37 heavy (non-hydrogen) atoms. The molecule has 0 amide bonds. The lowest BCUT2D eigenvalue weighted by atomic mass is 9.84. The predicted molar refractivity (Wildman–Crippen MR) is 128 cm³/mol. The predicted octanol–water partition coefficient (Wildman–Crippen LogP) is 5.80. The van der Waals surface area contributed by atoms with Gasteiger partial charge in [-0.1, -0.05) is 6.07 Å². The Hall–Kier alpha value is -2.46. The highest BCUT2D eigenvalue weighted by molar-refractivity contribution is 5.52. The van der Waals surface area contributed by atoms with Crippen LogP contribution in [0.3, 0.4) is 0 Å². The van der Waals surface area contributed by atoms with E-state index in [9.17, 15) is 22.7 Å². The Kier molecular flexibility index (Phi) is 6.85. The van der Waals surface area contributed by atoms with E-state index < -0.39 is 48.7 Å². The molecule has 2 N–H and O–H groups in total. The van der Waals surface area contributed by atoms with Crippen LogP contribution in [0.2, 0.25) is 0 Å². The first-order valence-electron chi connectivity index (χ1n) is 12.7. The second-order valence-corrected chi connectivity index (χ2v) is 10.8. The van der Waals surface area contributed by atoms with E-state index in [2.05, 4.69) is 10.2 Å². The average Bonchev–Trinajstić information content (AvgIpc) is 3.49. The summed E-state index contributed by atoms with van der Waals surface area (Å²) in [6.07, 6.45) is -1.95. The van der Waals surface area contributed by atoms with Crippen LogP contribution < -0.4 is 5.32 Å². The maximum atomic E-state index is 15.6. The van der Waals surface area contributed by atoms with Crippen molar-refractivity contribution >= 4 is 5.69 Å². The standard InChI is InChI=1S/C27H31F6N3O/c1-16-9-17-10-19(37)3-4-20(17)25(36(16)15-27(31,32)33)24-21(29)11-18(12-22(24)30)34-23-13-35(8-2-7-28)14-26(23)5-6-26/h3-4,10-12,16,23,25,34,37H,2,5-9,13-15H2,1H3/t16-,23?,25+/m1/s1. The van der Waals surface area contributed by atoms with E-state index in [0.29, 0.717) is 30.6 Å². The van der Waals surface area contributed by atoms with E-state index in [1.54, 1.807) is 6.92 Å². The Morgan fingerprint density at radius 3 is 2.43 bits per heavy atom. The Morgan fingerprint density at radius 1 is 1.11 bits per heavy atom. The van der Waals surface area contributed by atoms with Crippen LogP contribution in [0.5, 0.6) is 5.75 Å². The fourth-order valence-corrected chi connectivity index (χ4v) is 6.20. The van der Waals surface area contributed by atoms with Gasteiger partial charge in [0.1, 0.15) is 17.4 Å². The van der Waals surface area contributed by atoms with Gasteiger partial charge >= 0.3 is 6.18 Å². The van der Waals surface area contributed by atoms with Crippen LogP contribution in [0.25, 0.3) is 0 Å². The number of rotatable bonds is 7. The van der Waals surface area contributed by atoms with Crippen molar-refractivity contribution in [2.75, 3.05) is 38.2 Å². The van der Waals surface area contributed by atoms with Gasteiger partial charge in [-0.15, -0.1) is 0 Å². The normalized spacial score (nSPS) is 25.4. The van der Waals surface area contributed by atoms with Crippen molar-refractivity contribution < 1.29 is 31.4 Å². The van der Waals surface area contributed by atoms with Crippen LogP contribution in [0.1, 0.15) is 48.9 Å². The van der Waals surface area contributed by atoms with Crippen molar-refractivity contribution in [3.8, 4) is 5.75 Å². The summed E-state index contributed by atoms with van der Waals surface area (Å²) in [5.41, 5.74) is 0.706. The zero-order valence-electron chi connectivity index (χ0n) is 20.6. The molecule has 0 radical (unpaired) electrons. The van der Waals surface area contributed by atoms with Gasteiger partial charge < -0.3 is 15.3 Å². The Morgan fingerprint density at radius 2 is 1.81 bits per heavy atom. The number of nitrogens with one attached hydrogen (secondary N) is 1. The second-order valence-electron chi connectivity index (χ2n) is 10.8. The molecule has 202 valence electrons. The van der Waals surface area contributed by atoms with Crippen molar-refractivity contribution in [3.05, 3.63) is 58.7 Å². The molecule has 1 aliphatic carbocycles.